The van der Waals surface area contributed by atoms with E-state index in [0.29, 0.717) is 5.56 Å². The van der Waals surface area contributed by atoms with Gasteiger partial charge < -0.3 is 20.5 Å². The number of amides is 2. The van der Waals surface area contributed by atoms with E-state index in [1.165, 1.54) is 37.5 Å². The van der Waals surface area contributed by atoms with Gasteiger partial charge in [-0.2, -0.15) is 0 Å². The van der Waals surface area contributed by atoms with Crippen molar-refractivity contribution in [1.29, 1.82) is 0 Å². The third-order valence-electron chi connectivity index (χ3n) is 4.60. The summed E-state index contributed by atoms with van der Waals surface area (Å²) in [6.07, 6.45) is 1.49. The summed E-state index contributed by atoms with van der Waals surface area (Å²) in [7, 11) is 1.21. The number of phenols is 1. The Hall–Kier alpha value is -4.10. The van der Waals surface area contributed by atoms with Gasteiger partial charge in [0.2, 0.25) is 0 Å². The Kier molecular flexibility index (Phi) is 7.83. The van der Waals surface area contributed by atoms with Gasteiger partial charge in [-0.25, -0.2) is 4.79 Å². The highest BCUT2D eigenvalue weighted by molar-refractivity contribution is 6.34. The molecule has 8 heteroatoms. The van der Waals surface area contributed by atoms with E-state index >= 15 is 0 Å². The Bertz CT molecular complexity index is 1210. The normalized spacial score (nSPS) is 10.9. The van der Waals surface area contributed by atoms with Crippen molar-refractivity contribution in [3.8, 4) is 5.75 Å². The third kappa shape index (κ3) is 6.44. The Morgan fingerprint density at radius 3 is 2.39 bits per heavy atom. The minimum absolute atomic E-state index is 0.0430. The Morgan fingerprint density at radius 1 is 0.970 bits per heavy atom. The number of methoxy groups -OCH3 is 1. The van der Waals surface area contributed by atoms with Crippen LogP contribution in [0.25, 0.3) is 6.08 Å². The lowest BCUT2D eigenvalue weighted by atomic mass is 10.1. The van der Waals surface area contributed by atoms with Crippen LogP contribution in [0.4, 0.5) is 0 Å². The van der Waals surface area contributed by atoms with Gasteiger partial charge in [0.25, 0.3) is 11.8 Å². The number of hydrogen-bond acceptors (Lipinski definition) is 5. The molecule has 7 nitrogen and oxygen atoms in total. The minimum atomic E-state index is -0.716. The zero-order valence-electron chi connectivity index (χ0n) is 17.7. The minimum Gasteiger partial charge on any atom is -0.508 e. The van der Waals surface area contributed by atoms with Crippen molar-refractivity contribution >= 4 is 35.5 Å². The molecule has 3 aromatic rings. The van der Waals surface area contributed by atoms with Crippen molar-refractivity contribution in [2.75, 3.05) is 7.11 Å². The fourth-order valence-electron chi connectivity index (χ4n) is 2.95. The van der Waals surface area contributed by atoms with Crippen molar-refractivity contribution in [2.24, 2.45) is 0 Å². The summed E-state index contributed by atoms with van der Waals surface area (Å²) in [4.78, 5) is 37.3. The van der Waals surface area contributed by atoms with Crippen LogP contribution < -0.4 is 10.6 Å². The third-order valence-corrected chi connectivity index (χ3v) is 4.92. The maximum atomic E-state index is 12.7. The fraction of sp³-hybridized carbons (Fsp3) is 0.0800. The Labute approximate surface area is 195 Å². The fourth-order valence-corrected chi connectivity index (χ4v) is 3.22. The second kappa shape index (κ2) is 11.0. The molecule has 0 spiro atoms. The van der Waals surface area contributed by atoms with Gasteiger partial charge in [-0.1, -0.05) is 54.1 Å². The molecule has 0 fully saturated rings. The van der Waals surface area contributed by atoms with E-state index in [2.05, 4.69) is 10.6 Å². The lowest BCUT2D eigenvalue weighted by Gasteiger charge is -2.11. The van der Waals surface area contributed by atoms with Crippen molar-refractivity contribution in [3.05, 3.63) is 106 Å². The summed E-state index contributed by atoms with van der Waals surface area (Å²) in [6.45, 7) is 0.208. The number of aromatic hydroxyl groups is 1. The first kappa shape index (κ1) is 23.6. The maximum Gasteiger partial charge on any atom is 0.354 e. The highest BCUT2D eigenvalue weighted by Gasteiger charge is 2.18. The molecule has 0 heterocycles. The molecular weight excluding hydrogens is 444 g/mol. The summed E-state index contributed by atoms with van der Waals surface area (Å²) in [6, 6.07) is 19.7. The number of phenolic OH excluding ortho intramolecular Hbond substituents is 1. The Balaban J connectivity index is 1.72. The predicted molar refractivity (Wildman–Crippen MR) is 125 cm³/mol. The molecule has 0 saturated carbocycles. The molecule has 0 saturated heterocycles. The standard InChI is InChI=1S/C25H21ClN2O5/c1-33-25(32)22(13-16-6-3-2-4-7-16)28-24(31)20-11-10-18(14-21(20)26)23(30)27-15-17-8-5-9-19(29)12-17/h2-14,29H,15H2,1H3,(H,27,30)(H,28,31). The lowest BCUT2D eigenvalue weighted by molar-refractivity contribution is -0.136. The van der Waals surface area contributed by atoms with E-state index in [1.807, 2.05) is 6.07 Å². The van der Waals surface area contributed by atoms with Gasteiger partial charge in [0, 0.05) is 12.1 Å². The summed E-state index contributed by atoms with van der Waals surface area (Å²) in [5, 5.41) is 14.8. The van der Waals surface area contributed by atoms with Crippen LogP contribution in [0.2, 0.25) is 5.02 Å². The number of carbonyl (C=O) groups excluding carboxylic acids is 3. The average molecular weight is 465 g/mol. The zero-order chi connectivity index (χ0) is 23.8. The molecule has 2 amide bonds. The highest BCUT2D eigenvalue weighted by atomic mass is 35.5. The number of ether oxygens (including phenoxy) is 1. The van der Waals surface area contributed by atoms with E-state index in [4.69, 9.17) is 16.3 Å². The lowest BCUT2D eigenvalue weighted by Crippen LogP contribution is -2.28. The van der Waals surface area contributed by atoms with E-state index in [1.54, 1.807) is 42.5 Å². The number of rotatable bonds is 7. The van der Waals surface area contributed by atoms with Crippen LogP contribution in [0.15, 0.2) is 78.5 Å². The number of nitrogens with one attached hydrogen (secondary N) is 2. The van der Waals surface area contributed by atoms with Crippen molar-refractivity contribution in [2.45, 2.75) is 6.54 Å². The van der Waals surface area contributed by atoms with Crippen molar-refractivity contribution < 1.29 is 24.2 Å². The molecule has 3 aromatic carbocycles. The predicted octanol–water partition coefficient (Wildman–Crippen LogP) is 3.92. The van der Waals surface area contributed by atoms with Gasteiger partial charge in [0.1, 0.15) is 11.4 Å². The van der Waals surface area contributed by atoms with Crippen LogP contribution in [0.5, 0.6) is 5.75 Å². The largest absolute Gasteiger partial charge is 0.508 e. The highest BCUT2D eigenvalue weighted by Crippen LogP contribution is 2.19. The number of halogens is 1. The number of hydrogen-bond donors (Lipinski definition) is 3. The SMILES string of the molecule is COC(=O)C(=Cc1ccccc1)NC(=O)c1ccc(C(=O)NCc2cccc(O)c2)cc1Cl. The molecule has 0 radical (unpaired) electrons. The molecule has 0 aliphatic heterocycles. The summed E-state index contributed by atoms with van der Waals surface area (Å²) in [5.41, 5.74) is 1.71. The molecule has 33 heavy (non-hydrogen) atoms. The van der Waals surface area contributed by atoms with Crippen molar-refractivity contribution in [1.82, 2.24) is 10.6 Å². The number of esters is 1. The molecular formula is C25H21ClN2O5. The zero-order valence-corrected chi connectivity index (χ0v) is 18.4. The van der Waals surface area contributed by atoms with E-state index < -0.39 is 17.8 Å². The van der Waals surface area contributed by atoms with E-state index in [0.717, 1.165) is 5.56 Å². The van der Waals surface area contributed by atoms with Gasteiger partial charge >= 0.3 is 5.97 Å². The van der Waals surface area contributed by atoms with Gasteiger partial charge in [-0.3, -0.25) is 9.59 Å². The van der Waals surface area contributed by atoms with Gasteiger partial charge in [0.15, 0.2) is 0 Å². The smallest absolute Gasteiger partial charge is 0.354 e. The Morgan fingerprint density at radius 2 is 1.73 bits per heavy atom. The van der Waals surface area contributed by atoms with E-state index in [-0.39, 0.29) is 34.1 Å². The molecule has 3 rings (SSSR count). The maximum absolute atomic E-state index is 12.7. The average Bonchev–Trinajstić information content (AvgIpc) is 2.82. The second-order valence-electron chi connectivity index (χ2n) is 6.96. The van der Waals surface area contributed by atoms with Gasteiger partial charge in [-0.05, 0) is 47.5 Å². The molecule has 0 aliphatic rings. The molecule has 168 valence electrons. The molecule has 0 unspecified atom stereocenters. The summed E-state index contributed by atoms with van der Waals surface area (Å²) >= 11 is 6.25. The first-order chi connectivity index (χ1) is 15.9. The first-order valence-corrected chi connectivity index (χ1v) is 10.3. The van der Waals surface area contributed by atoms with Gasteiger partial charge in [-0.15, -0.1) is 0 Å². The number of carbonyl (C=O) groups is 3. The topological polar surface area (TPSA) is 105 Å². The van der Waals surface area contributed by atoms with Crippen LogP contribution in [-0.2, 0) is 16.1 Å². The quantitative estimate of drug-likeness (QED) is 0.363. The second-order valence-corrected chi connectivity index (χ2v) is 7.37. The molecule has 0 aliphatic carbocycles. The monoisotopic (exact) mass is 464 g/mol. The molecule has 0 aromatic heterocycles. The van der Waals surface area contributed by atoms with Gasteiger partial charge in [0.05, 0.1) is 17.7 Å². The molecule has 3 N–H and O–H groups in total. The van der Waals surface area contributed by atoms with Crippen LogP contribution in [0, 0.1) is 0 Å². The number of benzene rings is 3. The first-order valence-electron chi connectivity index (χ1n) is 9.89. The van der Waals surface area contributed by atoms with Crippen molar-refractivity contribution in [3.63, 3.8) is 0 Å². The molecule has 0 bridgehead atoms. The van der Waals surface area contributed by atoms with Crippen LogP contribution in [0.3, 0.4) is 0 Å². The van der Waals surface area contributed by atoms with E-state index in [9.17, 15) is 19.5 Å². The summed E-state index contributed by atoms with van der Waals surface area (Å²) in [5.74, 6) is -1.63. The summed E-state index contributed by atoms with van der Waals surface area (Å²) < 4.78 is 4.75. The van der Waals surface area contributed by atoms with Crippen LogP contribution >= 0.6 is 11.6 Å². The molecule has 0 atom stereocenters. The van der Waals surface area contributed by atoms with Crippen LogP contribution in [-0.4, -0.2) is 30.0 Å². The van der Waals surface area contributed by atoms with Crippen LogP contribution in [0.1, 0.15) is 31.8 Å².